The molecule has 0 spiro atoms. The number of nitrogens with zero attached hydrogens (tertiary/aromatic N) is 2. The summed E-state index contributed by atoms with van der Waals surface area (Å²) in [6.07, 6.45) is 38.1. The molecule has 0 saturated heterocycles. The van der Waals surface area contributed by atoms with Crippen molar-refractivity contribution in [3.63, 3.8) is 0 Å². The van der Waals surface area contributed by atoms with Crippen LogP contribution >= 0.6 is 0 Å². The molecule has 0 atom stereocenters. The highest BCUT2D eigenvalue weighted by atomic mass is 15.1. The van der Waals surface area contributed by atoms with Gasteiger partial charge >= 0.3 is 0 Å². The summed E-state index contributed by atoms with van der Waals surface area (Å²) in [5, 5.41) is 0. The highest BCUT2D eigenvalue weighted by Gasteiger charge is 2.16. The lowest BCUT2D eigenvalue weighted by molar-refractivity contribution is -0.704. The Morgan fingerprint density at radius 2 is 1.00 bits per heavy atom. The quantitative estimate of drug-likeness (QED) is 0.0791. The zero-order valence-electron chi connectivity index (χ0n) is 26.3. The largest absolute Gasteiger partial charge is 0.256 e. The van der Waals surface area contributed by atoms with E-state index in [4.69, 9.17) is 0 Å². The summed E-state index contributed by atoms with van der Waals surface area (Å²) in [5.41, 5.74) is 1.47. The first-order chi connectivity index (χ1) is 19.3. The van der Waals surface area contributed by atoms with Crippen LogP contribution in [0, 0.1) is 0 Å². The fourth-order valence-electron chi connectivity index (χ4n) is 6.01. The van der Waals surface area contributed by atoms with Gasteiger partial charge in [0, 0.05) is 6.42 Å². The molecular weight excluding hydrogens is 472 g/mol. The van der Waals surface area contributed by atoms with E-state index in [-0.39, 0.29) is 0 Å². The molecule has 1 aromatic heterocycles. The second kappa shape index (κ2) is 24.2. The highest BCUT2D eigenvalue weighted by molar-refractivity contribution is 5.14. The molecule has 2 rings (SSSR count). The third-order valence-electron chi connectivity index (χ3n) is 8.55. The maximum Gasteiger partial charge on any atom is 0.256 e. The van der Waals surface area contributed by atoms with Gasteiger partial charge in [0.2, 0.25) is 0 Å². The van der Waals surface area contributed by atoms with Crippen LogP contribution in [0.1, 0.15) is 166 Å². The fraction of sp³-hybridized carbons (Fsp3) is 0.757. The lowest BCUT2D eigenvalue weighted by atomic mass is 10.0. The monoisotopic (exact) mass is 538 g/mol. The topological polar surface area (TPSA) is 8.81 Å². The number of aryl methyl sites for hydroxylation is 3. The van der Waals surface area contributed by atoms with Gasteiger partial charge in [0.25, 0.3) is 5.82 Å². The summed E-state index contributed by atoms with van der Waals surface area (Å²) in [6.45, 7) is 6.96. The molecule has 0 unspecified atom stereocenters. The van der Waals surface area contributed by atoms with E-state index < -0.39 is 0 Å². The minimum Gasteiger partial charge on any atom is -0.234 e. The van der Waals surface area contributed by atoms with Gasteiger partial charge in [0.1, 0.15) is 12.4 Å². The van der Waals surface area contributed by atoms with E-state index >= 15 is 0 Å². The summed E-state index contributed by atoms with van der Waals surface area (Å²) >= 11 is 0. The van der Waals surface area contributed by atoms with E-state index in [1.54, 1.807) is 5.82 Å². The summed E-state index contributed by atoms with van der Waals surface area (Å²) < 4.78 is 5.18. The predicted octanol–water partition coefficient (Wildman–Crippen LogP) is 11.2. The van der Waals surface area contributed by atoms with Gasteiger partial charge in [-0.2, -0.15) is 0 Å². The average molecular weight is 538 g/mol. The Morgan fingerprint density at radius 3 is 1.54 bits per heavy atom. The van der Waals surface area contributed by atoms with Crippen LogP contribution in [0.3, 0.4) is 0 Å². The Balaban J connectivity index is 1.68. The Bertz CT molecular complexity index is 778. The molecule has 0 aliphatic heterocycles. The van der Waals surface area contributed by atoms with Crippen molar-refractivity contribution < 1.29 is 4.57 Å². The molecule has 2 nitrogen and oxygen atoms in total. The molecule has 1 aromatic carbocycles. The van der Waals surface area contributed by atoms with Crippen LogP contribution in [-0.4, -0.2) is 4.57 Å². The second-order valence-corrected chi connectivity index (χ2v) is 12.2. The number of imidazole rings is 1. The van der Waals surface area contributed by atoms with Crippen molar-refractivity contribution in [2.24, 2.45) is 0 Å². The summed E-state index contributed by atoms with van der Waals surface area (Å²) in [4.78, 5) is 0. The maximum absolute atomic E-state index is 2.60. The number of hydrogen-bond acceptors (Lipinski definition) is 0. The first-order valence-corrected chi connectivity index (χ1v) is 17.5. The molecule has 0 amide bonds. The molecular formula is C37H65N2+. The van der Waals surface area contributed by atoms with Crippen molar-refractivity contribution in [3.05, 3.63) is 54.1 Å². The molecule has 0 bridgehead atoms. The molecule has 39 heavy (non-hydrogen) atoms. The van der Waals surface area contributed by atoms with Crippen LogP contribution in [0.2, 0.25) is 0 Å². The normalized spacial score (nSPS) is 11.4. The van der Waals surface area contributed by atoms with E-state index in [0.29, 0.717) is 0 Å². The summed E-state index contributed by atoms with van der Waals surface area (Å²) in [5.74, 6) is 1.58. The number of unbranched alkanes of at least 4 members (excludes halogenated alkanes) is 19. The summed E-state index contributed by atoms with van der Waals surface area (Å²) in [7, 11) is 0. The van der Waals surface area contributed by atoms with Crippen molar-refractivity contribution >= 4 is 0 Å². The zero-order valence-corrected chi connectivity index (χ0v) is 26.3. The van der Waals surface area contributed by atoms with Crippen molar-refractivity contribution in [1.82, 2.24) is 4.57 Å². The first-order valence-electron chi connectivity index (χ1n) is 17.5. The minimum atomic E-state index is 1.15. The highest BCUT2D eigenvalue weighted by Crippen LogP contribution is 2.14. The average Bonchev–Trinajstić information content (AvgIpc) is 3.34. The van der Waals surface area contributed by atoms with Crippen molar-refractivity contribution in [1.29, 1.82) is 0 Å². The van der Waals surface area contributed by atoms with Gasteiger partial charge in [-0.05, 0) is 37.7 Å². The van der Waals surface area contributed by atoms with Gasteiger partial charge in [-0.25, -0.2) is 9.13 Å². The minimum absolute atomic E-state index is 1.15. The van der Waals surface area contributed by atoms with E-state index in [0.717, 1.165) is 6.54 Å². The molecule has 0 fully saturated rings. The van der Waals surface area contributed by atoms with Crippen LogP contribution in [-0.2, 0) is 25.9 Å². The van der Waals surface area contributed by atoms with E-state index in [9.17, 15) is 0 Å². The zero-order chi connectivity index (χ0) is 27.6. The Labute approximate surface area is 244 Å². The smallest absolute Gasteiger partial charge is 0.234 e. The van der Waals surface area contributed by atoms with Crippen LogP contribution in [0.25, 0.3) is 0 Å². The van der Waals surface area contributed by atoms with Crippen LogP contribution in [0.4, 0.5) is 0 Å². The molecule has 1 heterocycles. The molecule has 222 valence electrons. The number of hydrogen-bond donors (Lipinski definition) is 0. The maximum atomic E-state index is 2.60. The number of aromatic nitrogens is 2. The first kappa shape index (κ1) is 33.6. The molecule has 0 aliphatic rings. The van der Waals surface area contributed by atoms with Crippen LogP contribution in [0.15, 0.2) is 42.7 Å². The second-order valence-electron chi connectivity index (χ2n) is 12.2. The lowest BCUT2D eigenvalue weighted by Gasteiger charge is -2.07. The van der Waals surface area contributed by atoms with Crippen molar-refractivity contribution in [2.45, 2.75) is 181 Å². The van der Waals surface area contributed by atoms with Gasteiger partial charge in [-0.1, -0.05) is 160 Å². The Morgan fingerprint density at radius 1 is 0.513 bits per heavy atom. The van der Waals surface area contributed by atoms with Crippen LogP contribution in [0.5, 0.6) is 0 Å². The van der Waals surface area contributed by atoms with Gasteiger partial charge in [0.05, 0.1) is 13.1 Å². The van der Waals surface area contributed by atoms with Gasteiger partial charge in [-0.15, -0.1) is 0 Å². The van der Waals surface area contributed by atoms with Crippen molar-refractivity contribution in [3.8, 4) is 0 Å². The Hall–Kier alpha value is -1.57. The third-order valence-corrected chi connectivity index (χ3v) is 8.55. The molecule has 2 heteroatoms. The van der Waals surface area contributed by atoms with Gasteiger partial charge < -0.3 is 0 Å². The Kier molecular flexibility index (Phi) is 20.9. The number of rotatable bonds is 27. The lowest BCUT2D eigenvalue weighted by Crippen LogP contribution is -2.37. The van der Waals surface area contributed by atoms with Gasteiger partial charge in [0.15, 0.2) is 0 Å². The van der Waals surface area contributed by atoms with E-state index in [1.165, 1.54) is 166 Å². The fourth-order valence-corrected chi connectivity index (χ4v) is 6.01. The van der Waals surface area contributed by atoms with E-state index in [1.807, 2.05) is 0 Å². The third kappa shape index (κ3) is 17.0. The molecule has 0 N–H and O–H groups in total. The SMILES string of the molecule is CCCCCCCCCCCCCCc1n(CCCCCCCCCCC)cc[n+]1CCCc1ccccc1. The van der Waals surface area contributed by atoms with E-state index in [2.05, 4.69) is 65.7 Å². The van der Waals surface area contributed by atoms with Crippen molar-refractivity contribution in [2.75, 3.05) is 0 Å². The molecule has 2 aromatic rings. The standard InChI is InChI=1S/C37H65N2/c1-3-5-7-9-11-13-14-15-16-18-20-25-31-37-38(32-26-21-19-17-12-10-8-6-4-2)34-35-39(37)33-27-30-36-28-23-22-24-29-36/h22-24,28-29,34-35H,3-21,25-27,30-33H2,1-2H3/q+1. The molecule has 0 aliphatic carbocycles. The molecule has 0 saturated carbocycles. The van der Waals surface area contributed by atoms with Gasteiger partial charge in [-0.3, -0.25) is 0 Å². The number of benzene rings is 1. The van der Waals surface area contributed by atoms with Crippen LogP contribution < -0.4 is 4.57 Å². The molecule has 0 radical (unpaired) electrons. The summed E-state index contributed by atoms with van der Waals surface area (Å²) in [6, 6.07) is 11.0. The predicted molar refractivity (Wildman–Crippen MR) is 171 cm³/mol.